The van der Waals surface area contributed by atoms with Crippen LogP contribution >= 0.6 is 11.3 Å². The van der Waals surface area contributed by atoms with Gasteiger partial charge in [-0.05, 0) is 42.9 Å². The van der Waals surface area contributed by atoms with Crippen LogP contribution in [-0.4, -0.2) is 41.4 Å². The molecule has 2 aromatic heterocycles. The largest absolute Gasteiger partial charge is 0.281 e. The highest BCUT2D eigenvalue weighted by Crippen LogP contribution is 2.21. The van der Waals surface area contributed by atoms with Gasteiger partial charge in [-0.3, -0.25) is 15.0 Å². The summed E-state index contributed by atoms with van der Waals surface area (Å²) in [5, 5.41) is 3.45. The predicted octanol–water partition coefficient (Wildman–Crippen LogP) is 2.55. The third kappa shape index (κ3) is 4.60. The normalized spacial score (nSPS) is 16.2. The summed E-state index contributed by atoms with van der Waals surface area (Å²) in [5.74, 6) is -0.285. The number of thiophene rings is 1. The van der Waals surface area contributed by atoms with Crippen LogP contribution in [0.25, 0.3) is 16.3 Å². The first-order chi connectivity index (χ1) is 14.8. The van der Waals surface area contributed by atoms with Gasteiger partial charge in [-0.15, -0.1) is 11.3 Å². The Morgan fingerprint density at radius 2 is 1.90 bits per heavy atom. The van der Waals surface area contributed by atoms with Crippen LogP contribution in [0.4, 0.5) is 0 Å². The Morgan fingerprint density at radius 1 is 1.19 bits per heavy atom. The first-order valence-electron chi connectivity index (χ1n) is 9.86. The fraction of sp³-hybridized carbons (Fsp3) is 0.286. The van der Waals surface area contributed by atoms with Crippen LogP contribution < -0.4 is 11.0 Å². The van der Waals surface area contributed by atoms with Crippen LogP contribution in [0.2, 0.25) is 0 Å². The molecular weight excluding hydrogens is 436 g/mol. The van der Waals surface area contributed by atoms with Crippen LogP contribution in [0.3, 0.4) is 0 Å². The third-order valence-corrected chi connectivity index (χ3v) is 7.68. The molecule has 162 valence electrons. The zero-order valence-electron chi connectivity index (χ0n) is 16.9. The monoisotopic (exact) mass is 458 g/mol. The average molecular weight is 459 g/mol. The van der Waals surface area contributed by atoms with Crippen molar-refractivity contribution in [1.82, 2.24) is 14.0 Å². The Labute approximate surface area is 183 Å². The van der Waals surface area contributed by atoms with E-state index in [0.717, 1.165) is 5.56 Å². The van der Waals surface area contributed by atoms with Gasteiger partial charge < -0.3 is 0 Å². The number of nitrogens with zero attached hydrogens (tertiary/aromatic N) is 3. The van der Waals surface area contributed by atoms with Crippen molar-refractivity contribution in [2.75, 3.05) is 18.5 Å². The second-order valence-corrected chi connectivity index (χ2v) is 10.1. The summed E-state index contributed by atoms with van der Waals surface area (Å²) in [5.41, 5.74) is 3.14. The SMILES string of the molecule is Cc1nc2sccc2c(=O)n1NC(=O)C1CCN(S(=O)(=O)/C=C/c2ccccc2)CC1. The van der Waals surface area contributed by atoms with Gasteiger partial charge in [0.25, 0.3) is 5.56 Å². The molecule has 3 aromatic rings. The summed E-state index contributed by atoms with van der Waals surface area (Å²) >= 11 is 1.37. The summed E-state index contributed by atoms with van der Waals surface area (Å²) in [6, 6.07) is 10.9. The number of sulfonamides is 1. The lowest BCUT2D eigenvalue weighted by molar-refractivity contribution is -0.121. The Hall–Kier alpha value is -2.82. The van der Waals surface area contributed by atoms with E-state index in [0.29, 0.717) is 28.9 Å². The van der Waals surface area contributed by atoms with Crippen LogP contribution in [0.15, 0.2) is 52.0 Å². The highest BCUT2D eigenvalue weighted by atomic mass is 32.2. The molecule has 0 aliphatic carbocycles. The van der Waals surface area contributed by atoms with Crippen molar-refractivity contribution in [3.63, 3.8) is 0 Å². The minimum absolute atomic E-state index is 0.245. The summed E-state index contributed by atoms with van der Waals surface area (Å²) in [6.07, 6.45) is 2.33. The zero-order chi connectivity index (χ0) is 22.0. The molecule has 0 saturated carbocycles. The molecule has 3 heterocycles. The summed E-state index contributed by atoms with van der Waals surface area (Å²) in [6.45, 7) is 2.15. The standard InChI is InChI=1S/C21H22N4O4S2/c1-15-22-20-18(9-13-30-20)21(27)25(15)23-19(26)17-7-11-24(12-8-17)31(28,29)14-10-16-5-3-2-4-6-16/h2-6,9-10,13-14,17H,7-8,11-12H2,1H3,(H,23,26)/b14-10+. The number of hydrogen-bond donors (Lipinski definition) is 1. The lowest BCUT2D eigenvalue weighted by atomic mass is 9.98. The van der Waals surface area contributed by atoms with Crippen LogP contribution in [0, 0.1) is 12.8 Å². The maximum absolute atomic E-state index is 12.7. The number of hydrogen-bond acceptors (Lipinski definition) is 6. The maximum atomic E-state index is 12.7. The minimum atomic E-state index is -3.56. The van der Waals surface area contributed by atoms with E-state index in [1.807, 2.05) is 30.3 Å². The maximum Gasteiger partial charge on any atom is 0.281 e. The van der Waals surface area contributed by atoms with Crippen LogP contribution in [-0.2, 0) is 14.8 Å². The van der Waals surface area contributed by atoms with Crippen molar-refractivity contribution in [1.29, 1.82) is 0 Å². The molecule has 1 fully saturated rings. The molecule has 4 rings (SSSR count). The average Bonchev–Trinajstić information content (AvgIpc) is 3.24. The van der Waals surface area contributed by atoms with E-state index in [1.54, 1.807) is 24.4 Å². The van der Waals surface area contributed by atoms with E-state index in [2.05, 4.69) is 10.4 Å². The van der Waals surface area contributed by atoms with Crippen molar-refractivity contribution in [2.45, 2.75) is 19.8 Å². The summed E-state index contributed by atoms with van der Waals surface area (Å²) in [7, 11) is -3.56. The van der Waals surface area contributed by atoms with E-state index in [4.69, 9.17) is 0 Å². The lowest BCUT2D eigenvalue weighted by Crippen LogP contribution is -2.44. The van der Waals surface area contributed by atoms with Crippen molar-refractivity contribution in [3.05, 3.63) is 68.9 Å². The number of aryl methyl sites for hydroxylation is 1. The van der Waals surface area contributed by atoms with E-state index in [1.165, 1.54) is 25.7 Å². The summed E-state index contributed by atoms with van der Waals surface area (Å²) in [4.78, 5) is 30.3. The van der Waals surface area contributed by atoms with Gasteiger partial charge in [-0.2, -0.15) is 4.31 Å². The van der Waals surface area contributed by atoms with Gasteiger partial charge in [-0.1, -0.05) is 30.3 Å². The number of nitrogens with one attached hydrogen (secondary N) is 1. The van der Waals surface area contributed by atoms with E-state index < -0.39 is 10.0 Å². The number of carbonyl (C=O) groups is 1. The number of piperidine rings is 1. The van der Waals surface area contributed by atoms with Crippen LogP contribution in [0.5, 0.6) is 0 Å². The fourth-order valence-corrected chi connectivity index (χ4v) is 5.56. The molecule has 1 saturated heterocycles. The van der Waals surface area contributed by atoms with Crippen molar-refractivity contribution in [3.8, 4) is 0 Å². The van der Waals surface area contributed by atoms with Gasteiger partial charge in [0.1, 0.15) is 10.7 Å². The molecular formula is C21H22N4O4S2. The number of aromatic nitrogens is 2. The molecule has 1 aromatic carbocycles. The fourth-order valence-electron chi connectivity index (χ4n) is 3.54. The summed E-state index contributed by atoms with van der Waals surface area (Å²) < 4.78 is 27.8. The van der Waals surface area contributed by atoms with E-state index in [9.17, 15) is 18.0 Å². The number of benzene rings is 1. The number of rotatable bonds is 5. The molecule has 0 radical (unpaired) electrons. The van der Waals surface area contributed by atoms with Gasteiger partial charge in [0.2, 0.25) is 15.9 Å². The Bertz CT molecular complexity index is 1290. The van der Waals surface area contributed by atoms with E-state index >= 15 is 0 Å². The topological polar surface area (TPSA) is 101 Å². The predicted molar refractivity (Wildman–Crippen MR) is 122 cm³/mol. The Balaban J connectivity index is 1.40. The van der Waals surface area contributed by atoms with Gasteiger partial charge in [0.15, 0.2) is 0 Å². The quantitative estimate of drug-likeness (QED) is 0.633. The van der Waals surface area contributed by atoms with Gasteiger partial charge in [-0.25, -0.2) is 18.1 Å². The highest BCUT2D eigenvalue weighted by Gasteiger charge is 2.30. The molecule has 0 spiro atoms. The molecule has 0 bridgehead atoms. The second kappa shape index (κ2) is 8.74. The third-order valence-electron chi connectivity index (χ3n) is 5.30. The highest BCUT2D eigenvalue weighted by molar-refractivity contribution is 7.92. The minimum Gasteiger partial charge on any atom is -0.273 e. The zero-order valence-corrected chi connectivity index (χ0v) is 18.5. The lowest BCUT2D eigenvalue weighted by Gasteiger charge is -2.29. The van der Waals surface area contributed by atoms with Crippen molar-refractivity contribution < 1.29 is 13.2 Å². The van der Waals surface area contributed by atoms with Gasteiger partial charge >= 0.3 is 0 Å². The molecule has 31 heavy (non-hydrogen) atoms. The molecule has 1 N–H and O–H groups in total. The first-order valence-corrected chi connectivity index (χ1v) is 12.2. The Morgan fingerprint density at radius 3 is 2.61 bits per heavy atom. The molecule has 1 aliphatic heterocycles. The number of carbonyl (C=O) groups excluding carboxylic acids is 1. The molecule has 0 unspecified atom stereocenters. The van der Waals surface area contributed by atoms with Crippen molar-refractivity contribution >= 4 is 43.6 Å². The molecule has 8 nitrogen and oxygen atoms in total. The smallest absolute Gasteiger partial charge is 0.273 e. The molecule has 0 atom stereocenters. The Kier molecular flexibility index (Phi) is 6.03. The number of fused-ring (bicyclic) bond motifs is 1. The van der Waals surface area contributed by atoms with E-state index in [-0.39, 0.29) is 30.5 Å². The molecule has 1 amide bonds. The molecule has 1 aliphatic rings. The second-order valence-electron chi connectivity index (χ2n) is 7.35. The van der Waals surface area contributed by atoms with Crippen LogP contribution in [0.1, 0.15) is 24.2 Å². The van der Waals surface area contributed by atoms with Gasteiger partial charge in [0.05, 0.1) is 5.39 Å². The first kappa shape index (κ1) is 21.4. The van der Waals surface area contributed by atoms with Crippen molar-refractivity contribution in [2.24, 2.45) is 5.92 Å². The number of amides is 1. The molecule has 10 heteroatoms. The van der Waals surface area contributed by atoms with Gasteiger partial charge in [0, 0.05) is 24.4 Å².